The van der Waals surface area contributed by atoms with Crippen LogP contribution in [0.25, 0.3) is 10.9 Å². The van der Waals surface area contributed by atoms with Gasteiger partial charge in [-0.25, -0.2) is 9.97 Å². The minimum atomic E-state index is -4.46. The Morgan fingerprint density at radius 3 is 2.49 bits per heavy atom. The molecule has 0 bridgehead atoms. The summed E-state index contributed by atoms with van der Waals surface area (Å²) in [4.78, 5) is 23.0. The Balaban J connectivity index is 1.53. The molecule has 1 aromatic heterocycles. The number of methoxy groups -OCH3 is 1. The number of nitrogens with one attached hydrogen (secondary N) is 2. The molecule has 0 atom stereocenters. The number of anilines is 3. The van der Waals surface area contributed by atoms with Crippen LogP contribution in [0.5, 0.6) is 17.2 Å². The van der Waals surface area contributed by atoms with Crippen LogP contribution in [-0.2, 0) is 11.0 Å². The molecule has 0 spiro atoms. The summed E-state index contributed by atoms with van der Waals surface area (Å²) in [5, 5.41) is 6.66. The highest BCUT2D eigenvalue weighted by molar-refractivity contribution is 6.03. The van der Waals surface area contributed by atoms with E-state index < -0.39 is 11.7 Å². The quantitative estimate of drug-likeness (QED) is 0.244. The van der Waals surface area contributed by atoms with Crippen molar-refractivity contribution in [3.63, 3.8) is 0 Å². The first kappa shape index (κ1) is 27.4. The number of ether oxygens (including phenoxy) is 2. The average Bonchev–Trinajstić information content (AvgIpc) is 2.89. The number of nitrogens with zero attached hydrogens (tertiary/aromatic N) is 3. The first-order chi connectivity index (χ1) is 18.6. The molecular weight excluding hydrogens is 511 g/mol. The summed E-state index contributed by atoms with van der Waals surface area (Å²) >= 11 is 0. The monoisotopic (exact) mass is 537 g/mol. The van der Waals surface area contributed by atoms with Gasteiger partial charge in [-0.3, -0.25) is 4.79 Å². The lowest BCUT2D eigenvalue weighted by Crippen LogP contribution is -2.13. The Morgan fingerprint density at radius 1 is 1.03 bits per heavy atom. The number of benzene rings is 3. The highest BCUT2D eigenvalue weighted by Gasteiger charge is 2.30. The van der Waals surface area contributed by atoms with Gasteiger partial charge in [-0.1, -0.05) is 12.1 Å². The second-order valence-electron chi connectivity index (χ2n) is 8.72. The van der Waals surface area contributed by atoms with Crippen LogP contribution in [0.2, 0.25) is 0 Å². The Morgan fingerprint density at radius 2 is 1.79 bits per heavy atom. The molecular formula is C28H26F3N5O3. The second kappa shape index (κ2) is 11.8. The Kier molecular flexibility index (Phi) is 8.30. The summed E-state index contributed by atoms with van der Waals surface area (Å²) < 4.78 is 50.0. The summed E-state index contributed by atoms with van der Waals surface area (Å²) in [7, 11) is 5.31. The predicted molar refractivity (Wildman–Crippen MR) is 144 cm³/mol. The number of rotatable bonds is 9. The van der Waals surface area contributed by atoms with Gasteiger partial charge in [0.1, 0.15) is 29.4 Å². The van der Waals surface area contributed by atoms with Gasteiger partial charge < -0.3 is 25.0 Å². The Hall–Kier alpha value is -4.64. The number of hydrogen-bond acceptors (Lipinski definition) is 7. The fourth-order valence-electron chi connectivity index (χ4n) is 3.61. The summed E-state index contributed by atoms with van der Waals surface area (Å²) in [6.45, 7) is 0.619. The zero-order valence-corrected chi connectivity index (χ0v) is 21.4. The van der Waals surface area contributed by atoms with Crippen molar-refractivity contribution < 1.29 is 27.4 Å². The molecule has 202 valence electrons. The lowest BCUT2D eigenvalue weighted by Gasteiger charge is -2.14. The molecule has 4 aromatic rings. The molecule has 3 aromatic carbocycles. The molecule has 0 aliphatic heterocycles. The first-order valence-electron chi connectivity index (χ1n) is 11.8. The summed E-state index contributed by atoms with van der Waals surface area (Å²) in [5.74, 6) is 1.06. The number of fused-ring (bicyclic) bond motifs is 1. The normalized spacial score (nSPS) is 11.7. The SMILES string of the molecule is COc1cc2ncnc(Nc3ccc(Oc4cccc(C(F)(F)F)c4)cc3)c2cc1NC(=O)/C=C/CN(C)C. The minimum Gasteiger partial charge on any atom is -0.494 e. The molecule has 1 amide bonds. The van der Waals surface area contributed by atoms with E-state index in [1.165, 1.54) is 31.6 Å². The maximum atomic E-state index is 13.0. The van der Waals surface area contributed by atoms with Crippen molar-refractivity contribution in [1.82, 2.24) is 14.9 Å². The third-order valence-corrected chi connectivity index (χ3v) is 5.47. The van der Waals surface area contributed by atoms with Crippen LogP contribution in [0.4, 0.5) is 30.4 Å². The van der Waals surface area contributed by atoms with Crippen LogP contribution in [0.3, 0.4) is 0 Å². The van der Waals surface area contributed by atoms with Crippen LogP contribution >= 0.6 is 0 Å². The van der Waals surface area contributed by atoms with Gasteiger partial charge in [0.05, 0.1) is 23.9 Å². The van der Waals surface area contributed by atoms with E-state index in [9.17, 15) is 18.0 Å². The van der Waals surface area contributed by atoms with Crippen LogP contribution in [-0.4, -0.2) is 48.5 Å². The predicted octanol–water partition coefficient (Wildman–Crippen LogP) is 6.25. The fraction of sp³-hybridized carbons (Fsp3) is 0.179. The molecule has 0 saturated carbocycles. The number of aromatic nitrogens is 2. The third-order valence-electron chi connectivity index (χ3n) is 5.47. The van der Waals surface area contributed by atoms with Crippen molar-refractivity contribution in [2.24, 2.45) is 0 Å². The minimum absolute atomic E-state index is 0.0763. The molecule has 39 heavy (non-hydrogen) atoms. The largest absolute Gasteiger partial charge is 0.494 e. The molecule has 1 heterocycles. The van der Waals surface area contributed by atoms with Crippen LogP contribution < -0.4 is 20.1 Å². The van der Waals surface area contributed by atoms with E-state index >= 15 is 0 Å². The van der Waals surface area contributed by atoms with Gasteiger partial charge in [0, 0.05) is 29.8 Å². The molecule has 2 N–H and O–H groups in total. The molecule has 0 aliphatic rings. The zero-order valence-electron chi connectivity index (χ0n) is 21.4. The number of likely N-dealkylation sites (N-methyl/N-ethyl adjacent to an activating group) is 1. The van der Waals surface area contributed by atoms with Crippen LogP contribution in [0, 0.1) is 0 Å². The lowest BCUT2D eigenvalue weighted by molar-refractivity contribution is -0.137. The van der Waals surface area contributed by atoms with Crippen molar-refractivity contribution in [2.45, 2.75) is 6.18 Å². The van der Waals surface area contributed by atoms with E-state index in [0.29, 0.717) is 46.1 Å². The molecule has 8 nitrogen and oxygen atoms in total. The fourth-order valence-corrected chi connectivity index (χ4v) is 3.61. The van der Waals surface area contributed by atoms with Crippen molar-refractivity contribution >= 4 is 34.0 Å². The van der Waals surface area contributed by atoms with Gasteiger partial charge in [0.15, 0.2) is 0 Å². The maximum Gasteiger partial charge on any atom is 0.416 e. The molecule has 11 heteroatoms. The molecule has 0 aliphatic carbocycles. The molecule has 0 unspecified atom stereocenters. The van der Waals surface area contributed by atoms with Gasteiger partial charge in [-0.2, -0.15) is 13.2 Å². The third kappa shape index (κ3) is 7.23. The van der Waals surface area contributed by atoms with Gasteiger partial charge in [-0.05, 0) is 62.6 Å². The molecule has 0 fully saturated rings. The van der Waals surface area contributed by atoms with Gasteiger partial charge in [-0.15, -0.1) is 0 Å². The second-order valence-corrected chi connectivity index (χ2v) is 8.72. The highest BCUT2D eigenvalue weighted by Crippen LogP contribution is 2.35. The van der Waals surface area contributed by atoms with Gasteiger partial charge >= 0.3 is 6.18 Å². The molecule has 0 radical (unpaired) electrons. The number of halogens is 3. The zero-order chi connectivity index (χ0) is 28.0. The topological polar surface area (TPSA) is 88.6 Å². The lowest BCUT2D eigenvalue weighted by atomic mass is 10.1. The Bertz CT molecular complexity index is 1490. The number of carbonyl (C=O) groups excluding carboxylic acids is 1. The van der Waals surface area contributed by atoms with Crippen LogP contribution in [0.15, 0.2) is 79.1 Å². The molecule has 4 rings (SSSR count). The molecule has 0 saturated heterocycles. The van der Waals surface area contributed by atoms with Gasteiger partial charge in [0.25, 0.3) is 0 Å². The van der Waals surface area contributed by atoms with E-state index in [1.807, 2.05) is 19.0 Å². The van der Waals surface area contributed by atoms with Crippen molar-refractivity contribution in [3.8, 4) is 17.2 Å². The van der Waals surface area contributed by atoms with Crippen LogP contribution in [0.1, 0.15) is 5.56 Å². The number of carbonyl (C=O) groups is 1. The summed E-state index contributed by atoms with van der Waals surface area (Å²) in [6.07, 6.45) is 0.146. The van der Waals surface area contributed by atoms with Gasteiger partial charge in [0.2, 0.25) is 5.91 Å². The van der Waals surface area contributed by atoms with Crippen molar-refractivity contribution in [3.05, 3.63) is 84.7 Å². The highest BCUT2D eigenvalue weighted by atomic mass is 19.4. The van der Waals surface area contributed by atoms with E-state index in [4.69, 9.17) is 9.47 Å². The van der Waals surface area contributed by atoms with Crippen molar-refractivity contribution in [2.75, 3.05) is 38.4 Å². The Labute approximate surface area is 223 Å². The number of amides is 1. The maximum absolute atomic E-state index is 13.0. The smallest absolute Gasteiger partial charge is 0.416 e. The standard InChI is InChI=1S/C28H26F3N5O3/c1-36(2)13-5-8-26(37)35-24-15-22-23(16-25(24)38-3)32-17-33-27(22)34-19-9-11-20(12-10-19)39-21-7-4-6-18(14-21)28(29,30)31/h4-12,14-17H,13H2,1-3H3,(H,35,37)(H,32,33,34)/b8-5+. The number of alkyl halides is 3. The van der Waals surface area contributed by atoms with E-state index in [0.717, 1.165) is 12.1 Å². The van der Waals surface area contributed by atoms with E-state index in [-0.39, 0.29) is 11.7 Å². The van der Waals surface area contributed by atoms with Crippen molar-refractivity contribution in [1.29, 1.82) is 0 Å². The summed E-state index contributed by atoms with van der Waals surface area (Å²) in [5.41, 5.74) is 0.910. The summed E-state index contributed by atoms with van der Waals surface area (Å²) in [6, 6.07) is 14.8. The average molecular weight is 538 g/mol. The first-order valence-corrected chi connectivity index (χ1v) is 11.8. The van der Waals surface area contributed by atoms with E-state index in [2.05, 4.69) is 20.6 Å². The van der Waals surface area contributed by atoms with E-state index in [1.54, 1.807) is 42.5 Å². The number of hydrogen-bond donors (Lipinski definition) is 2.